The van der Waals surface area contributed by atoms with Gasteiger partial charge in [0.1, 0.15) is 11.6 Å². The van der Waals surface area contributed by atoms with E-state index in [2.05, 4.69) is 19.2 Å². The second kappa shape index (κ2) is 7.35. The molecule has 0 amide bonds. The third kappa shape index (κ3) is 5.75. The maximum Gasteiger partial charge on any atom is 0.126 e. The fraction of sp³-hybridized carbons (Fsp3) is 0.538. The molecule has 0 aromatic heterocycles. The van der Waals surface area contributed by atoms with Crippen molar-refractivity contribution in [3.8, 4) is 0 Å². The standard InChI is InChI=1S/C13H19F2NO/c1-10(2)16-6-8-17-7-5-11-9-12(14)3-4-13(11)15/h3-4,9-10,16H,5-8H2,1-2H3. The van der Waals surface area contributed by atoms with Crippen molar-refractivity contribution in [3.63, 3.8) is 0 Å². The Bertz CT molecular complexity index is 342. The van der Waals surface area contributed by atoms with E-state index in [1.165, 1.54) is 6.07 Å². The molecular formula is C13H19F2NO. The lowest BCUT2D eigenvalue weighted by atomic mass is 10.1. The molecule has 96 valence electrons. The molecule has 2 nitrogen and oxygen atoms in total. The number of nitrogens with one attached hydrogen (secondary N) is 1. The molecule has 1 aromatic rings. The molecule has 0 aliphatic heterocycles. The maximum absolute atomic E-state index is 13.2. The minimum atomic E-state index is -0.414. The van der Waals surface area contributed by atoms with Crippen LogP contribution >= 0.6 is 0 Å². The van der Waals surface area contributed by atoms with E-state index >= 15 is 0 Å². The molecule has 0 saturated heterocycles. The van der Waals surface area contributed by atoms with Crippen LogP contribution < -0.4 is 5.32 Å². The van der Waals surface area contributed by atoms with Gasteiger partial charge in [-0.25, -0.2) is 8.78 Å². The minimum Gasteiger partial charge on any atom is -0.380 e. The van der Waals surface area contributed by atoms with Crippen molar-refractivity contribution in [1.29, 1.82) is 0 Å². The van der Waals surface area contributed by atoms with Crippen LogP contribution in [-0.4, -0.2) is 25.8 Å². The largest absolute Gasteiger partial charge is 0.380 e. The Balaban J connectivity index is 2.20. The molecule has 1 rings (SSSR count). The zero-order chi connectivity index (χ0) is 12.7. The van der Waals surface area contributed by atoms with Gasteiger partial charge in [0.25, 0.3) is 0 Å². The van der Waals surface area contributed by atoms with Crippen LogP contribution in [0.2, 0.25) is 0 Å². The van der Waals surface area contributed by atoms with E-state index in [-0.39, 0.29) is 5.82 Å². The second-order valence-electron chi connectivity index (χ2n) is 4.21. The van der Waals surface area contributed by atoms with Crippen molar-refractivity contribution >= 4 is 0 Å². The summed E-state index contributed by atoms with van der Waals surface area (Å²) >= 11 is 0. The summed E-state index contributed by atoms with van der Waals surface area (Å²) in [5, 5.41) is 3.21. The van der Waals surface area contributed by atoms with Gasteiger partial charge < -0.3 is 10.1 Å². The van der Waals surface area contributed by atoms with E-state index in [0.717, 1.165) is 18.7 Å². The summed E-state index contributed by atoms with van der Waals surface area (Å²) in [5.41, 5.74) is 0.363. The van der Waals surface area contributed by atoms with Crippen LogP contribution in [0.1, 0.15) is 19.4 Å². The van der Waals surface area contributed by atoms with Gasteiger partial charge in [0, 0.05) is 12.6 Å². The van der Waals surface area contributed by atoms with E-state index in [4.69, 9.17) is 4.74 Å². The van der Waals surface area contributed by atoms with E-state index in [0.29, 0.717) is 31.2 Å². The third-order valence-electron chi connectivity index (χ3n) is 2.32. The lowest BCUT2D eigenvalue weighted by molar-refractivity contribution is 0.137. The summed E-state index contributed by atoms with van der Waals surface area (Å²) in [6.07, 6.45) is 0.394. The Morgan fingerprint density at radius 3 is 2.71 bits per heavy atom. The normalized spacial score (nSPS) is 11.1. The summed E-state index contributed by atoms with van der Waals surface area (Å²) in [7, 11) is 0. The highest BCUT2D eigenvalue weighted by atomic mass is 19.1. The summed E-state index contributed by atoms with van der Waals surface area (Å²) in [6.45, 7) is 5.86. The molecule has 0 atom stereocenters. The molecule has 4 heteroatoms. The highest BCUT2D eigenvalue weighted by Gasteiger charge is 2.03. The fourth-order valence-corrected chi connectivity index (χ4v) is 1.44. The van der Waals surface area contributed by atoms with E-state index in [1.54, 1.807) is 0 Å². The molecule has 0 unspecified atom stereocenters. The molecule has 0 spiro atoms. The Kier molecular flexibility index (Phi) is 6.08. The van der Waals surface area contributed by atoms with Gasteiger partial charge in [-0.05, 0) is 30.2 Å². The average molecular weight is 243 g/mol. The molecular weight excluding hydrogens is 224 g/mol. The topological polar surface area (TPSA) is 21.3 Å². The second-order valence-corrected chi connectivity index (χ2v) is 4.21. The van der Waals surface area contributed by atoms with Crippen LogP contribution in [0.4, 0.5) is 8.78 Å². The maximum atomic E-state index is 13.2. The minimum absolute atomic E-state index is 0.363. The van der Waals surface area contributed by atoms with Crippen LogP contribution in [-0.2, 0) is 11.2 Å². The van der Waals surface area contributed by atoms with Gasteiger partial charge in [-0.15, -0.1) is 0 Å². The molecule has 17 heavy (non-hydrogen) atoms. The molecule has 0 aliphatic carbocycles. The molecule has 1 aromatic carbocycles. The first-order valence-electron chi connectivity index (χ1n) is 5.84. The Morgan fingerprint density at radius 1 is 1.24 bits per heavy atom. The first-order valence-corrected chi connectivity index (χ1v) is 5.84. The third-order valence-corrected chi connectivity index (χ3v) is 2.32. The number of ether oxygens (including phenoxy) is 1. The molecule has 0 fully saturated rings. The van der Waals surface area contributed by atoms with Gasteiger partial charge >= 0.3 is 0 Å². The Hall–Kier alpha value is -1.00. The monoisotopic (exact) mass is 243 g/mol. The predicted molar refractivity (Wildman–Crippen MR) is 64.0 cm³/mol. The predicted octanol–water partition coefficient (Wildman–Crippen LogP) is 2.52. The molecule has 0 aliphatic rings. The van der Waals surface area contributed by atoms with Crippen LogP contribution in [0, 0.1) is 11.6 Å². The van der Waals surface area contributed by atoms with Crippen molar-refractivity contribution < 1.29 is 13.5 Å². The van der Waals surface area contributed by atoms with Crippen molar-refractivity contribution in [1.82, 2.24) is 5.32 Å². The van der Waals surface area contributed by atoms with Crippen LogP contribution in [0.25, 0.3) is 0 Å². The highest BCUT2D eigenvalue weighted by molar-refractivity contribution is 5.18. The van der Waals surface area contributed by atoms with Gasteiger partial charge in [0.2, 0.25) is 0 Å². The van der Waals surface area contributed by atoms with E-state index < -0.39 is 5.82 Å². The average Bonchev–Trinajstić information content (AvgIpc) is 2.27. The van der Waals surface area contributed by atoms with E-state index in [1.807, 2.05) is 0 Å². The summed E-state index contributed by atoms with van der Waals surface area (Å²) in [6, 6.07) is 3.90. The number of benzene rings is 1. The van der Waals surface area contributed by atoms with Crippen LogP contribution in [0.5, 0.6) is 0 Å². The van der Waals surface area contributed by atoms with Gasteiger partial charge in [0.05, 0.1) is 13.2 Å². The zero-order valence-corrected chi connectivity index (χ0v) is 10.3. The highest BCUT2D eigenvalue weighted by Crippen LogP contribution is 2.10. The quantitative estimate of drug-likeness (QED) is 0.743. The summed E-state index contributed by atoms with van der Waals surface area (Å²) in [5.74, 6) is -0.793. The lowest BCUT2D eigenvalue weighted by Crippen LogP contribution is -2.26. The molecule has 0 radical (unpaired) electrons. The number of hydrogen-bond acceptors (Lipinski definition) is 2. The van der Waals surface area contributed by atoms with Crippen LogP contribution in [0.3, 0.4) is 0 Å². The first kappa shape index (κ1) is 14.1. The number of halogens is 2. The molecule has 0 heterocycles. The van der Waals surface area contributed by atoms with Crippen LogP contribution in [0.15, 0.2) is 18.2 Å². The first-order chi connectivity index (χ1) is 8.09. The van der Waals surface area contributed by atoms with E-state index in [9.17, 15) is 8.78 Å². The molecule has 1 N–H and O–H groups in total. The Morgan fingerprint density at radius 2 is 2.00 bits per heavy atom. The zero-order valence-electron chi connectivity index (χ0n) is 10.3. The molecule has 0 bridgehead atoms. The van der Waals surface area contributed by atoms with Gasteiger partial charge in [-0.1, -0.05) is 13.8 Å². The summed E-state index contributed by atoms with van der Waals surface area (Å²) in [4.78, 5) is 0. The number of rotatable bonds is 7. The van der Waals surface area contributed by atoms with Crippen molar-refractivity contribution in [2.45, 2.75) is 26.3 Å². The SMILES string of the molecule is CC(C)NCCOCCc1cc(F)ccc1F. The lowest BCUT2D eigenvalue weighted by Gasteiger charge is -2.08. The van der Waals surface area contributed by atoms with Gasteiger partial charge in [0.15, 0.2) is 0 Å². The van der Waals surface area contributed by atoms with Crippen molar-refractivity contribution in [3.05, 3.63) is 35.4 Å². The van der Waals surface area contributed by atoms with Gasteiger partial charge in [-0.2, -0.15) is 0 Å². The molecule has 0 saturated carbocycles. The van der Waals surface area contributed by atoms with Crippen molar-refractivity contribution in [2.24, 2.45) is 0 Å². The smallest absolute Gasteiger partial charge is 0.126 e. The number of hydrogen-bond donors (Lipinski definition) is 1. The Labute approximate surface area is 101 Å². The van der Waals surface area contributed by atoms with Crippen molar-refractivity contribution in [2.75, 3.05) is 19.8 Å². The fourth-order valence-electron chi connectivity index (χ4n) is 1.44. The van der Waals surface area contributed by atoms with Gasteiger partial charge in [-0.3, -0.25) is 0 Å². The summed E-state index contributed by atoms with van der Waals surface area (Å²) < 4.78 is 31.4.